The molecule has 0 amide bonds. The van der Waals surface area contributed by atoms with Crippen molar-refractivity contribution in [1.29, 1.82) is 0 Å². The number of aromatic nitrogens is 2. The molecule has 5 nitrogen and oxygen atoms in total. The number of methoxy groups -OCH3 is 1. The fourth-order valence-electron chi connectivity index (χ4n) is 1.85. The van der Waals surface area contributed by atoms with E-state index in [1.807, 2.05) is 29.2 Å². The van der Waals surface area contributed by atoms with Crippen LogP contribution in [-0.2, 0) is 19.6 Å². The number of hydrogen-bond donors (Lipinski definition) is 2. The van der Waals surface area contributed by atoms with Crippen LogP contribution in [0.15, 0.2) is 30.6 Å². The number of benzene rings is 1. The van der Waals surface area contributed by atoms with Crippen LogP contribution >= 0.6 is 12.4 Å². The van der Waals surface area contributed by atoms with Gasteiger partial charge in [-0.25, -0.2) is 0 Å². The lowest BCUT2D eigenvalue weighted by molar-refractivity contribution is 0.373. The van der Waals surface area contributed by atoms with Crippen LogP contribution in [0.25, 0.3) is 0 Å². The molecule has 0 atom stereocenters. The number of aromatic hydroxyl groups is 1. The van der Waals surface area contributed by atoms with Gasteiger partial charge in [-0.1, -0.05) is 6.07 Å². The third kappa shape index (κ3) is 4.15. The molecule has 1 aromatic carbocycles. The summed E-state index contributed by atoms with van der Waals surface area (Å²) in [5, 5.41) is 17.1. The fraction of sp³-hybridized carbons (Fsp3) is 0.357. The van der Waals surface area contributed by atoms with Gasteiger partial charge in [0.05, 0.1) is 13.3 Å². The standard InChI is InChI=1S/C14H19N3O2.ClH/c1-3-17-10-12(9-16-17)8-15-7-11-4-5-13(18)14(6-11)19-2;/h4-6,9-10,15,18H,3,7-8H2,1-2H3;1H. The molecule has 2 aromatic rings. The van der Waals surface area contributed by atoms with Gasteiger partial charge in [-0.3, -0.25) is 4.68 Å². The van der Waals surface area contributed by atoms with Gasteiger partial charge in [0.25, 0.3) is 0 Å². The van der Waals surface area contributed by atoms with E-state index in [4.69, 9.17) is 4.74 Å². The summed E-state index contributed by atoms with van der Waals surface area (Å²) in [5.41, 5.74) is 2.23. The molecule has 6 heteroatoms. The lowest BCUT2D eigenvalue weighted by atomic mass is 10.2. The molecular formula is C14H20ClN3O2. The van der Waals surface area contributed by atoms with Crippen LogP contribution in [0, 0.1) is 0 Å². The van der Waals surface area contributed by atoms with Crippen molar-refractivity contribution in [3.8, 4) is 11.5 Å². The van der Waals surface area contributed by atoms with E-state index in [9.17, 15) is 5.11 Å². The second-order valence-electron chi connectivity index (χ2n) is 4.31. The van der Waals surface area contributed by atoms with E-state index in [2.05, 4.69) is 17.3 Å². The molecule has 0 radical (unpaired) electrons. The van der Waals surface area contributed by atoms with Crippen LogP contribution in [0.2, 0.25) is 0 Å². The average Bonchev–Trinajstić information content (AvgIpc) is 2.88. The van der Waals surface area contributed by atoms with Gasteiger partial charge in [0.2, 0.25) is 0 Å². The minimum Gasteiger partial charge on any atom is -0.504 e. The van der Waals surface area contributed by atoms with Gasteiger partial charge in [0, 0.05) is 31.4 Å². The molecule has 0 spiro atoms. The number of nitrogens with one attached hydrogen (secondary N) is 1. The Bertz CT molecular complexity index is 543. The molecule has 1 heterocycles. The average molecular weight is 298 g/mol. The molecule has 2 rings (SSSR count). The van der Waals surface area contributed by atoms with E-state index >= 15 is 0 Å². The van der Waals surface area contributed by atoms with E-state index < -0.39 is 0 Å². The second-order valence-corrected chi connectivity index (χ2v) is 4.31. The first kappa shape index (κ1) is 16.3. The Morgan fingerprint density at radius 3 is 2.70 bits per heavy atom. The molecule has 0 saturated carbocycles. The maximum atomic E-state index is 9.51. The van der Waals surface area contributed by atoms with E-state index in [1.54, 1.807) is 13.2 Å². The van der Waals surface area contributed by atoms with Gasteiger partial charge in [-0.2, -0.15) is 5.10 Å². The van der Waals surface area contributed by atoms with Crippen LogP contribution in [0.5, 0.6) is 11.5 Å². The quantitative estimate of drug-likeness (QED) is 0.859. The predicted octanol–water partition coefficient (Wildman–Crippen LogP) is 2.33. The number of rotatable bonds is 6. The number of halogens is 1. The second kappa shape index (κ2) is 7.77. The van der Waals surface area contributed by atoms with Crippen molar-refractivity contribution in [1.82, 2.24) is 15.1 Å². The highest BCUT2D eigenvalue weighted by Gasteiger charge is 2.03. The highest BCUT2D eigenvalue weighted by molar-refractivity contribution is 5.85. The molecule has 110 valence electrons. The Hall–Kier alpha value is -1.72. The predicted molar refractivity (Wildman–Crippen MR) is 80.4 cm³/mol. The zero-order chi connectivity index (χ0) is 13.7. The van der Waals surface area contributed by atoms with E-state index in [1.165, 1.54) is 0 Å². The lowest BCUT2D eigenvalue weighted by Crippen LogP contribution is -2.12. The van der Waals surface area contributed by atoms with Crippen molar-refractivity contribution in [3.05, 3.63) is 41.7 Å². The Morgan fingerprint density at radius 2 is 2.05 bits per heavy atom. The number of nitrogens with zero attached hydrogens (tertiary/aromatic N) is 2. The minimum absolute atomic E-state index is 0. The van der Waals surface area contributed by atoms with Crippen molar-refractivity contribution < 1.29 is 9.84 Å². The van der Waals surface area contributed by atoms with Gasteiger partial charge < -0.3 is 15.2 Å². The van der Waals surface area contributed by atoms with E-state index in [-0.39, 0.29) is 18.2 Å². The maximum Gasteiger partial charge on any atom is 0.160 e. The van der Waals surface area contributed by atoms with Crippen molar-refractivity contribution >= 4 is 12.4 Å². The topological polar surface area (TPSA) is 59.3 Å². The summed E-state index contributed by atoms with van der Waals surface area (Å²) in [4.78, 5) is 0. The Kier molecular flexibility index (Phi) is 6.35. The molecule has 2 N–H and O–H groups in total. The first-order valence-electron chi connectivity index (χ1n) is 6.31. The summed E-state index contributed by atoms with van der Waals surface area (Å²) in [7, 11) is 1.55. The molecule has 0 saturated heterocycles. The first-order valence-corrected chi connectivity index (χ1v) is 6.31. The molecule has 0 aliphatic rings. The van der Waals surface area contributed by atoms with Crippen LogP contribution < -0.4 is 10.1 Å². The minimum atomic E-state index is 0. The van der Waals surface area contributed by atoms with Gasteiger partial charge in [0.1, 0.15) is 0 Å². The van der Waals surface area contributed by atoms with Crippen molar-refractivity contribution in [2.45, 2.75) is 26.6 Å². The normalized spacial score (nSPS) is 10.1. The number of ether oxygens (including phenoxy) is 1. The highest BCUT2D eigenvalue weighted by atomic mass is 35.5. The Morgan fingerprint density at radius 1 is 1.30 bits per heavy atom. The summed E-state index contributed by atoms with van der Waals surface area (Å²) in [6.45, 7) is 4.43. The van der Waals surface area contributed by atoms with Gasteiger partial charge in [-0.05, 0) is 24.6 Å². The third-order valence-electron chi connectivity index (χ3n) is 2.91. The molecule has 0 bridgehead atoms. The maximum absolute atomic E-state index is 9.51. The molecule has 0 aliphatic heterocycles. The SMILES string of the molecule is CCn1cc(CNCc2ccc(O)c(OC)c2)cn1.Cl. The number of aryl methyl sites for hydroxylation is 1. The number of phenols is 1. The fourth-order valence-corrected chi connectivity index (χ4v) is 1.85. The molecular weight excluding hydrogens is 278 g/mol. The number of hydrogen-bond acceptors (Lipinski definition) is 4. The molecule has 1 aromatic heterocycles. The summed E-state index contributed by atoms with van der Waals surface area (Å²) < 4.78 is 6.98. The van der Waals surface area contributed by atoms with Crippen LogP contribution in [-0.4, -0.2) is 22.0 Å². The summed E-state index contributed by atoms with van der Waals surface area (Å²) in [6, 6.07) is 5.35. The number of phenolic OH excluding ortho intramolecular Hbond substituents is 1. The lowest BCUT2D eigenvalue weighted by Gasteiger charge is -2.07. The molecule has 0 aliphatic carbocycles. The van der Waals surface area contributed by atoms with E-state index in [0.29, 0.717) is 12.3 Å². The summed E-state index contributed by atoms with van der Waals surface area (Å²) in [6.07, 6.45) is 3.90. The van der Waals surface area contributed by atoms with Crippen molar-refractivity contribution in [3.63, 3.8) is 0 Å². The van der Waals surface area contributed by atoms with Crippen molar-refractivity contribution in [2.75, 3.05) is 7.11 Å². The summed E-state index contributed by atoms with van der Waals surface area (Å²) in [5.74, 6) is 0.661. The van der Waals surface area contributed by atoms with Crippen molar-refractivity contribution in [2.24, 2.45) is 0 Å². The molecule has 0 fully saturated rings. The zero-order valence-electron chi connectivity index (χ0n) is 11.7. The highest BCUT2D eigenvalue weighted by Crippen LogP contribution is 2.26. The van der Waals surface area contributed by atoms with Gasteiger partial charge >= 0.3 is 0 Å². The largest absolute Gasteiger partial charge is 0.504 e. The smallest absolute Gasteiger partial charge is 0.160 e. The third-order valence-corrected chi connectivity index (χ3v) is 2.91. The van der Waals surface area contributed by atoms with Crippen LogP contribution in [0.3, 0.4) is 0 Å². The molecule has 20 heavy (non-hydrogen) atoms. The Labute approximate surface area is 125 Å². The van der Waals surface area contributed by atoms with Crippen LogP contribution in [0.4, 0.5) is 0 Å². The Balaban J connectivity index is 0.00000200. The zero-order valence-corrected chi connectivity index (χ0v) is 12.5. The van der Waals surface area contributed by atoms with E-state index in [0.717, 1.165) is 24.2 Å². The summed E-state index contributed by atoms with van der Waals surface area (Å²) >= 11 is 0. The first-order chi connectivity index (χ1) is 9.22. The monoisotopic (exact) mass is 297 g/mol. The van der Waals surface area contributed by atoms with Gasteiger partial charge in [0.15, 0.2) is 11.5 Å². The molecule has 0 unspecified atom stereocenters. The van der Waals surface area contributed by atoms with Gasteiger partial charge in [-0.15, -0.1) is 12.4 Å². The van der Waals surface area contributed by atoms with Crippen LogP contribution in [0.1, 0.15) is 18.1 Å².